The highest BCUT2D eigenvalue weighted by Crippen LogP contribution is 2.04. The number of hydrogen-bond acceptors (Lipinski definition) is 2. The van der Waals surface area contributed by atoms with Gasteiger partial charge in [0.15, 0.2) is 9.28 Å². The average Bonchev–Trinajstić information content (AvgIpc) is 2.57. The third-order valence-corrected chi connectivity index (χ3v) is 19.5. The van der Waals surface area contributed by atoms with Crippen molar-refractivity contribution in [3.63, 3.8) is 0 Å². The van der Waals surface area contributed by atoms with E-state index in [9.17, 15) is 0 Å². The van der Waals surface area contributed by atoms with Gasteiger partial charge in [-0.3, -0.25) is 0 Å². The van der Waals surface area contributed by atoms with Gasteiger partial charge in [0, 0.05) is 0 Å². The van der Waals surface area contributed by atoms with Crippen molar-refractivity contribution in [1.29, 1.82) is 0 Å². The van der Waals surface area contributed by atoms with Crippen molar-refractivity contribution >= 4 is 47.0 Å². The molecule has 0 bridgehead atoms. The number of hydrogen-bond donors (Lipinski definition) is 0. The molecule has 2 nitrogen and oxygen atoms in total. The molecule has 2 aromatic carbocycles. The lowest BCUT2D eigenvalue weighted by atomic mass is 10.4. The number of rotatable bonds is 7. The van der Waals surface area contributed by atoms with E-state index in [-0.39, 0.29) is 0 Å². The zero-order chi connectivity index (χ0) is 15.1. The zero-order valence-corrected chi connectivity index (χ0v) is 18.2. The van der Waals surface area contributed by atoms with Gasteiger partial charge in [0.1, 0.15) is 10.5 Å². The molecule has 0 N–H and O–H groups in total. The molecule has 0 amide bonds. The first-order valence-electron chi connectivity index (χ1n) is 7.09. The van der Waals surface area contributed by atoms with Crippen molar-refractivity contribution in [2.45, 2.75) is 6.55 Å². The van der Waals surface area contributed by atoms with Gasteiger partial charge >= 0.3 is 0 Å². The molecule has 0 saturated carbocycles. The van der Waals surface area contributed by atoms with E-state index in [1.54, 1.807) is 0 Å². The topological polar surface area (TPSA) is 18.5 Å². The first kappa shape index (κ1) is 16.3. The Bertz CT molecular complexity index is 525. The predicted octanol–water partition coefficient (Wildman–Crippen LogP) is -0.281. The molecule has 0 fully saturated rings. The van der Waals surface area contributed by atoms with Gasteiger partial charge < -0.3 is 8.23 Å². The van der Waals surface area contributed by atoms with E-state index in [1.807, 2.05) is 5.70 Å². The fraction of sp³-hybridized carbons (Fsp3) is 0.0667. The van der Waals surface area contributed by atoms with Crippen molar-refractivity contribution in [2.75, 3.05) is 0 Å². The summed E-state index contributed by atoms with van der Waals surface area (Å²) in [7, 11) is -3.29. The highest BCUT2D eigenvalue weighted by atomic mass is 29.2. The summed E-state index contributed by atoms with van der Waals surface area (Å²) in [5, 5.41) is 2.68. The molecule has 21 heavy (non-hydrogen) atoms. The summed E-state index contributed by atoms with van der Waals surface area (Å²) >= 11 is 0. The summed E-state index contributed by atoms with van der Waals surface area (Å²) in [6, 6.07) is 21.2. The quantitative estimate of drug-likeness (QED) is 0.642. The van der Waals surface area contributed by atoms with Gasteiger partial charge in [0.05, 0.1) is 0 Å². The van der Waals surface area contributed by atoms with Gasteiger partial charge in [-0.15, -0.1) is 6.58 Å². The summed E-state index contributed by atoms with van der Waals surface area (Å²) in [4.78, 5) is 0. The second-order valence-electron chi connectivity index (χ2n) is 5.23. The first-order valence-corrected chi connectivity index (χ1v) is 14.9. The van der Waals surface area contributed by atoms with Gasteiger partial charge in [-0.05, 0) is 16.9 Å². The molecule has 0 aliphatic carbocycles. The minimum atomic E-state index is -1.75. The molecular weight excluding hydrogens is 325 g/mol. The Morgan fingerprint density at radius 3 is 1.90 bits per heavy atom. The van der Waals surface area contributed by atoms with Crippen LogP contribution in [0.1, 0.15) is 0 Å². The molecule has 6 heteroatoms. The van der Waals surface area contributed by atoms with Crippen LogP contribution in [0.15, 0.2) is 72.9 Å². The van der Waals surface area contributed by atoms with Crippen LogP contribution in [0.2, 0.25) is 6.55 Å². The standard InChI is InChI=1S/C15H22O2Si4/c1-3-21(2,16-18)19-17-20(14-10-6-4-7-11-14)15-12-8-5-9-13-15/h3-13,20H,1,19H2,2,18H3. The van der Waals surface area contributed by atoms with Crippen molar-refractivity contribution < 1.29 is 8.23 Å². The Morgan fingerprint density at radius 1 is 1.05 bits per heavy atom. The predicted molar refractivity (Wildman–Crippen MR) is 102 cm³/mol. The van der Waals surface area contributed by atoms with E-state index in [2.05, 4.69) is 73.8 Å². The molecule has 0 aliphatic heterocycles. The monoisotopic (exact) mass is 346 g/mol. The summed E-state index contributed by atoms with van der Waals surface area (Å²) in [5.74, 6) is 0. The fourth-order valence-electron chi connectivity index (χ4n) is 2.09. The van der Waals surface area contributed by atoms with Gasteiger partial charge in [-0.1, -0.05) is 66.4 Å². The zero-order valence-electron chi connectivity index (χ0n) is 12.7. The van der Waals surface area contributed by atoms with Gasteiger partial charge in [-0.2, -0.15) is 0 Å². The lowest BCUT2D eigenvalue weighted by Gasteiger charge is -2.25. The van der Waals surface area contributed by atoms with Crippen LogP contribution in [-0.2, 0) is 8.23 Å². The smallest absolute Gasteiger partial charge is 0.228 e. The van der Waals surface area contributed by atoms with Gasteiger partial charge in [0.2, 0.25) is 16.9 Å². The summed E-state index contributed by atoms with van der Waals surface area (Å²) in [6.45, 7) is 6.18. The maximum Gasteiger partial charge on any atom is 0.228 e. The maximum atomic E-state index is 6.53. The molecule has 110 valence electrons. The van der Waals surface area contributed by atoms with Crippen LogP contribution >= 0.6 is 0 Å². The molecule has 0 heterocycles. The summed E-state index contributed by atoms with van der Waals surface area (Å²) < 4.78 is 12.4. The molecule has 1 atom stereocenters. The van der Waals surface area contributed by atoms with Crippen LogP contribution in [0.25, 0.3) is 0 Å². The van der Waals surface area contributed by atoms with Gasteiger partial charge in [-0.25, -0.2) is 0 Å². The molecule has 0 aromatic heterocycles. The second kappa shape index (κ2) is 7.83. The summed E-state index contributed by atoms with van der Waals surface area (Å²) in [6.07, 6.45) is 0. The second-order valence-corrected chi connectivity index (χ2v) is 18.7. The third kappa shape index (κ3) is 4.47. The third-order valence-electron chi connectivity index (χ3n) is 3.64. The van der Waals surface area contributed by atoms with E-state index in [0.29, 0.717) is 0 Å². The molecule has 2 aromatic rings. The fourth-order valence-corrected chi connectivity index (χ4v) is 14.3. The van der Waals surface area contributed by atoms with E-state index in [4.69, 9.17) is 8.23 Å². The minimum absolute atomic E-state index is 0.711. The largest absolute Gasteiger partial charge is 0.461 e. The molecule has 2 rings (SSSR count). The Kier molecular flexibility index (Phi) is 6.09. The van der Waals surface area contributed by atoms with Crippen molar-refractivity contribution in [3.8, 4) is 0 Å². The van der Waals surface area contributed by atoms with Crippen molar-refractivity contribution in [3.05, 3.63) is 72.9 Å². The van der Waals surface area contributed by atoms with E-state index < -0.39 is 26.2 Å². The average molecular weight is 347 g/mol. The molecule has 0 aliphatic rings. The van der Waals surface area contributed by atoms with Crippen LogP contribution in [0.3, 0.4) is 0 Å². The number of benzene rings is 2. The van der Waals surface area contributed by atoms with Crippen LogP contribution < -0.4 is 10.4 Å². The van der Waals surface area contributed by atoms with Crippen molar-refractivity contribution in [2.24, 2.45) is 0 Å². The van der Waals surface area contributed by atoms with Gasteiger partial charge in [0.25, 0.3) is 0 Å². The Morgan fingerprint density at radius 2 is 1.52 bits per heavy atom. The van der Waals surface area contributed by atoms with Crippen LogP contribution in [0.5, 0.6) is 0 Å². The highest BCUT2D eigenvalue weighted by molar-refractivity contribution is 7.23. The molecule has 0 saturated heterocycles. The normalized spacial score (nSPS) is 14.6. The van der Waals surface area contributed by atoms with Crippen LogP contribution in [-0.4, -0.2) is 36.6 Å². The highest BCUT2D eigenvalue weighted by Gasteiger charge is 2.27. The Hall–Kier alpha value is -1.03. The van der Waals surface area contributed by atoms with E-state index >= 15 is 0 Å². The first-order chi connectivity index (χ1) is 10.2. The van der Waals surface area contributed by atoms with Crippen LogP contribution in [0, 0.1) is 0 Å². The molecular formula is C15H22O2Si4. The molecule has 0 radical (unpaired) electrons. The Balaban J connectivity index is 2.24. The lowest BCUT2D eigenvalue weighted by Crippen LogP contribution is -2.51. The maximum absolute atomic E-state index is 6.53. The molecule has 0 spiro atoms. The molecule has 1 unspecified atom stereocenters. The van der Waals surface area contributed by atoms with Crippen molar-refractivity contribution in [1.82, 2.24) is 0 Å². The SMILES string of the molecule is C=C[Si](C)(O[SiH3])[SiH2]O[SiH](c1ccccc1)c1ccccc1. The van der Waals surface area contributed by atoms with E-state index in [1.165, 1.54) is 10.4 Å². The lowest BCUT2D eigenvalue weighted by molar-refractivity contribution is 0.605. The van der Waals surface area contributed by atoms with E-state index in [0.717, 1.165) is 10.5 Å². The van der Waals surface area contributed by atoms with Crippen LogP contribution in [0.4, 0.5) is 0 Å². The minimum Gasteiger partial charge on any atom is -0.461 e. The summed E-state index contributed by atoms with van der Waals surface area (Å²) in [5.41, 5.74) is 2.04. The Labute approximate surface area is 135 Å².